The number of non-ortho nitro benzene ring substituents is 1. The number of nitro groups is 1. The van der Waals surface area contributed by atoms with Crippen LogP contribution in [-0.4, -0.2) is 21.1 Å². The number of benzene rings is 1. The number of hydrogen-bond acceptors (Lipinski definition) is 8. The van der Waals surface area contributed by atoms with Crippen molar-refractivity contribution in [2.75, 3.05) is 0 Å². The molecule has 4 rings (SSSR count). The largest absolute Gasteiger partial charge is 0.448 e. The van der Waals surface area contributed by atoms with E-state index in [-0.39, 0.29) is 17.5 Å². The second-order valence-electron chi connectivity index (χ2n) is 6.92. The summed E-state index contributed by atoms with van der Waals surface area (Å²) in [5.41, 5.74) is 1.78. The molecule has 0 unspecified atom stereocenters. The minimum absolute atomic E-state index is 0.0230. The molecule has 0 radical (unpaired) electrons. The minimum Gasteiger partial charge on any atom is -0.448 e. The van der Waals surface area contributed by atoms with Crippen LogP contribution in [0.25, 0.3) is 11.5 Å². The highest BCUT2D eigenvalue weighted by Gasteiger charge is 2.23. The van der Waals surface area contributed by atoms with Gasteiger partial charge in [-0.3, -0.25) is 10.1 Å². The number of carbonyl (C=O) groups is 1. The Morgan fingerprint density at radius 1 is 1.21 bits per heavy atom. The maximum absolute atomic E-state index is 12.5. The quantitative estimate of drug-likeness (QED) is 0.253. The SMILES string of the molecule is C[C@H](OC(=O)c1cc2c(s1)CCCCC2)c1nnc(-c2ccc([N+](=O)[O-])cc2)o1. The number of nitrogens with zero attached hydrogens (tertiary/aromatic N) is 3. The van der Waals surface area contributed by atoms with Crippen molar-refractivity contribution < 1.29 is 18.9 Å². The summed E-state index contributed by atoms with van der Waals surface area (Å²) in [5, 5.41) is 18.6. The molecular formula is C20H19N3O5S. The Labute approximate surface area is 170 Å². The number of aromatic nitrogens is 2. The number of esters is 1. The minimum atomic E-state index is -0.705. The number of fused-ring (bicyclic) bond motifs is 1. The second kappa shape index (κ2) is 8.12. The van der Waals surface area contributed by atoms with Gasteiger partial charge >= 0.3 is 5.97 Å². The van der Waals surface area contributed by atoms with Crippen molar-refractivity contribution in [3.8, 4) is 11.5 Å². The van der Waals surface area contributed by atoms with Crippen LogP contribution in [0, 0.1) is 10.1 Å². The van der Waals surface area contributed by atoms with Gasteiger partial charge in [-0.05, 0) is 56.4 Å². The average Bonchev–Trinajstić information content (AvgIpc) is 3.31. The van der Waals surface area contributed by atoms with Gasteiger partial charge in [0.1, 0.15) is 4.88 Å². The molecule has 0 saturated carbocycles. The molecule has 3 aromatic rings. The predicted molar refractivity (Wildman–Crippen MR) is 106 cm³/mol. The highest BCUT2D eigenvalue weighted by Crippen LogP contribution is 2.31. The number of rotatable bonds is 5. The summed E-state index contributed by atoms with van der Waals surface area (Å²) in [6, 6.07) is 7.74. The molecule has 0 spiro atoms. The van der Waals surface area contributed by atoms with E-state index in [4.69, 9.17) is 9.15 Å². The fourth-order valence-electron chi connectivity index (χ4n) is 3.28. The van der Waals surface area contributed by atoms with E-state index in [0.717, 1.165) is 25.7 Å². The van der Waals surface area contributed by atoms with Crippen molar-refractivity contribution in [3.05, 3.63) is 61.7 Å². The zero-order valence-electron chi connectivity index (χ0n) is 15.8. The number of carbonyl (C=O) groups excluding carboxylic acids is 1. The van der Waals surface area contributed by atoms with Gasteiger partial charge in [0.25, 0.3) is 11.6 Å². The molecule has 2 aromatic heterocycles. The van der Waals surface area contributed by atoms with Gasteiger partial charge in [-0.15, -0.1) is 21.5 Å². The lowest BCUT2D eigenvalue weighted by Crippen LogP contribution is -2.08. The standard InChI is InChI=1S/C20H19N3O5S/c1-12(27-20(24)17-11-14-5-3-2-4-6-16(14)29-17)18-21-22-19(28-18)13-7-9-15(10-8-13)23(25)26/h7-12H,2-6H2,1H3/t12-/m0/s1. The Morgan fingerprint density at radius 2 is 1.97 bits per heavy atom. The third-order valence-electron chi connectivity index (χ3n) is 4.85. The Bertz CT molecular complexity index is 1020. The fourth-order valence-corrected chi connectivity index (χ4v) is 4.41. The van der Waals surface area contributed by atoms with Crippen molar-refractivity contribution in [3.63, 3.8) is 0 Å². The van der Waals surface area contributed by atoms with Crippen LogP contribution in [0.2, 0.25) is 0 Å². The van der Waals surface area contributed by atoms with Crippen LogP contribution in [0.5, 0.6) is 0 Å². The summed E-state index contributed by atoms with van der Waals surface area (Å²) in [5.74, 6) is -0.0175. The van der Waals surface area contributed by atoms with E-state index in [1.165, 1.54) is 52.5 Å². The molecule has 0 fully saturated rings. The smallest absolute Gasteiger partial charge is 0.349 e. The van der Waals surface area contributed by atoms with Gasteiger partial charge in [0.05, 0.1) is 4.92 Å². The Kier molecular flexibility index (Phi) is 5.39. The summed E-state index contributed by atoms with van der Waals surface area (Å²) in [7, 11) is 0. The lowest BCUT2D eigenvalue weighted by Gasteiger charge is -2.08. The molecule has 0 bridgehead atoms. The van der Waals surface area contributed by atoms with Gasteiger partial charge < -0.3 is 9.15 Å². The fraction of sp³-hybridized carbons (Fsp3) is 0.350. The van der Waals surface area contributed by atoms with Gasteiger partial charge in [-0.2, -0.15) is 0 Å². The van der Waals surface area contributed by atoms with Gasteiger partial charge in [-0.25, -0.2) is 4.79 Å². The molecule has 1 aromatic carbocycles. The maximum Gasteiger partial charge on any atom is 0.349 e. The zero-order valence-corrected chi connectivity index (χ0v) is 16.6. The van der Waals surface area contributed by atoms with Gasteiger partial charge in [0, 0.05) is 22.6 Å². The first kappa shape index (κ1) is 19.3. The topological polar surface area (TPSA) is 108 Å². The molecule has 1 atom stereocenters. The summed E-state index contributed by atoms with van der Waals surface area (Å²) in [6.45, 7) is 1.67. The first-order valence-corrected chi connectivity index (χ1v) is 10.2. The molecule has 29 heavy (non-hydrogen) atoms. The number of hydrogen-bond donors (Lipinski definition) is 0. The molecule has 8 nitrogen and oxygen atoms in total. The van der Waals surface area contributed by atoms with Gasteiger partial charge in [0.15, 0.2) is 6.10 Å². The summed E-state index contributed by atoms with van der Waals surface area (Å²) < 4.78 is 11.1. The van der Waals surface area contributed by atoms with Crippen LogP contribution in [0.3, 0.4) is 0 Å². The van der Waals surface area contributed by atoms with Crippen LogP contribution in [0.15, 0.2) is 34.7 Å². The molecule has 1 aliphatic rings. The van der Waals surface area contributed by atoms with Crippen molar-refractivity contribution in [1.29, 1.82) is 0 Å². The Balaban J connectivity index is 1.44. The molecule has 2 heterocycles. The summed E-state index contributed by atoms with van der Waals surface area (Å²) in [6.07, 6.45) is 4.87. The molecule has 150 valence electrons. The molecule has 0 aliphatic heterocycles. The molecule has 1 aliphatic carbocycles. The molecule has 0 N–H and O–H groups in total. The number of aryl methyl sites for hydroxylation is 2. The van der Waals surface area contributed by atoms with E-state index < -0.39 is 17.0 Å². The second-order valence-corrected chi connectivity index (χ2v) is 8.05. The number of ether oxygens (including phenoxy) is 1. The van der Waals surface area contributed by atoms with E-state index in [2.05, 4.69) is 10.2 Å². The zero-order chi connectivity index (χ0) is 20.4. The Hall–Kier alpha value is -3.07. The summed E-state index contributed by atoms with van der Waals surface area (Å²) >= 11 is 1.50. The van der Waals surface area contributed by atoms with E-state index in [0.29, 0.717) is 10.4 Å². The lowest BCUT2D eigenvalue weighted by molar-refractivity contribution is -0.384. The first-order valence-electron chi connectivity index (χ1n) is 9.42. The maximum atomic E-state index is 12.5. The molecule has 9 heteroatoms. The van der Waals surface area contributed by atoms with Crippen LogP contribution < -0.4 is 0 Å². The normalized spacial score (nSPS) is 14.7. The molecule has 0 saturated heterocycles. The van der Waals surface area contributed by atoms with Crippen LogP contribution in [0.4, 0.5) is 5.69 Å². The number of thiophene rings is 1. The van der Waals surface area contributed by atoms with E-state index >= 15 is 0 Å². The number of nitro benzene ring substituents is 1. The van der Waals surface area contributed by atoms with Gasteiger partial charge in [0.2, 0.25) is 5.89 Å². The van der Waals surface area contributed by atoms with E-state index in [1.807, 2.05) is 6.07 Å². The molecular weight excluding hydrogens is 394 g/mol. The third kappa shape index (κ3) is 4.19. The average molecular weight is 413 g/mol. The van der Waals surface area contributed by atoms with Crippen molar-refractivity contribution in [2.24, 2.45) is 0 Å². The monoisotopic (exact) mass is 413 g/mol. The van der Waals surface area contributed by atoms with Crippen molar-refractivity contribution >= 4 is 23.0 Å². The van der Waals surface area contributed by atoms with Crippen LogP contribution in [0.1, 0.15) is 58.3 Å². The van der Waals surface area contributed by atoms with Gasteiger partial charge in [-0.1, -0.05) is 6.42 Å². The highest BCUT2D eigenvalue weighted by atomic mass is 32.1. The van der Waals surface area contributed by atoms with Crippen LogP contribution in [-0.2, 0) is 17.6 Å². The predicted octanol–water partition coefficient (Wildman–Crippen LogP) is 4.89. The Morgan fingerprint density at radius 3 is 2.72 bits per heavy atom. The van der Waals surface area contributed by atoms with Crippen molar-refractivity contribution in [2.45, 2.75) is 45.1 Å². The molecule has 0 amide bonds. The van der Waals surface area contributed by atoms with E-state index in [1.54, 1.807) is 6.92 Å². The lowest BCUT2D eigenvalue weighted by atomic mass is 10.1. The van der Waals surface area contributed by atoms with E-state index in [9.17, 15) is 14.9 Å². The highest BCUT2D eigenvalue weighted by molar-refractivity contribution is 7.14. The first-order chi connectivity index (χ1) is 14.0. The van der Waals surface area contributed by atoms with Crippen molar-refractivity contribution in [1.82, 2.24) is 10.2 Å². The van der Waals surface area contributed by atoms with Crippen LogP contribution >= 0.6 is 11.3 Å². The summed E-state index contributed by atoms with van der Waals surface area (Å²) in [4.78, 5) is 24.7. The third-order valence-corrected chi connectivity index (χ3v) is 6.06.